The number of hydrogen-bond acceptors (Lipinski definition) is 6. The Labute approximate surface area is 154 Å². The summed E-state index contributed by atoms with van der Waals surface area (Å²) in [4.78, 5) is 24.1. The van der Waals surface area contributed by atoms with Crippen LogP contribution in [0.25, 0.3) is 17.2 Å². The fraction of sp³-hybridized carbons (Fsp3) is 0.333. The fourth-order valence-corrected chi connectivity index (χ4v) is 3.43. The zero-order chi connectivity index (χ0) is 19.0. The molecule has 1 saturated carbocycles. The molecule has 0 saturated heterocycles. The maximum absolute atomic E-state index is 13.6. The Kier molecular flexibility index (Phi) is 4.35. The Hall–Kier alpha value is -3.23. The van der Waals surface area contributed by atoms with Crippen molar-refractivity contribution >= 4 is 23.1 Å². The number of nitrogens with zero attached hydrogens (tertiary/aromatic N) is 4. The molecule has 0 atom stereocenters. The number of carboxylic acid groups (broad SMARTS) is 1. The number of carboxylic acids is 1. The number of fused-ring (bicyclic) bond motifs is 1. The number of rotatable bonds is 4. The molecule has 9 heteroatoms. The van der Waals surface area contributed by atoms with Gasteiger partial charge in [0.1, 0.15) is 17.2 Å². The van der Waals surface area contributed by atoms with Crippen LogP contribution in [0.2, 0.25) is 0 Å². The van der Waals surface area contributed by atoms with Crippen molar-refractivity contribution in [3.63, 3.8) is 0 Å². The summed E-state index contributed by atoms with van der Waals surface area (Å²) in [5, 5.41) is 12.4. The first-order valence-electron chi connectivity index (χ1n) is 8.76. The molecule has 1 fully saturated rings. The van der Waals surface area contributed by atoms with Crippen molar-refractivity contribution in [3.05, 3.63) is 36.5 Å². The van der Waals surface area contributed by atoms with Crippen LogP contribution in [0.4, 0.5) is 15.9 Å². The summed E-state index contributed by atoms with van der Waals surface area (Å²) in [6, 6.07) is 3.03. The second-order valence-electron chi connectivity index (χ2n) is 6.75. The molecule has 140 valence electrons. The van der Waals surface area contributed by atoms with E-state index in [4.69, 9.17) is 10.8 Å². The predicted molar refractivity (Wildman–Crippen MR) is 97.6 cm³/mol. The molecule has 0 unspecified atom stereocenters. The van der Waals surface area contributed by atoms with E-state index in [1.54, 1.807) is 16.7 Å². The van der Waals surface area contributed by atoms with Gasteiger partial charge in [-0.25, -0.2) is 19.3 Å². The molecular weight excluding hydrogens is 351 g/mol. The SMILES string of the molecule is Nc1cnc(-c2cnc3ccc(F)cn23)nc1NC1CCC(C(=O)O)CC1. The number of aromatic nitrogens is 4. The topological polar surface area (TPSA) is 118 Å². The van der Waals surface area contributed by atoms with Crippen molar-refractivity contribution in [2.75, 3.05) is 11.1 Å². The quantitative estimate of drug-likeness (QED) is 0.646. The van der Waals surface area contributed by atoms with Crippen LogP contribution in [0, 0.1) is 11.7 Å². The first kappa shape index (κ1) is 17.2. The van der Waals surface area contributed by atoms with Crippen molar-refractivity contribution in [3.8, 4) is 11.5 Å². The van der Waals surface area contributed by atoms with E-state index in [-0.39, 0.29) is 17.8 Å². The van der Waals surface area contributed by atoms with Gasteiger partial charge in [-0.15, -0.1) is 0 Å². The fourth-order valence-electron chi connectivity index (χ4n) is 3.43. The Morgan fingerprint density at radius 2 is 2.00 bits per heavy atom. The van der Waals surface area contributed by atoms with E-state index in [1.165, 1.54) is 18.5 Å². The number of imidazole rings is 1. The van der Waals surface area contributed by atoms with Gasteiger partial charge >= 0.3 is 5.97 Å². The third kappa shape index (κ3) is 3.40. The molecule has 1 aliphatic carbocycles. The Balaban J connectivity index is 1.58. The summed E-state index contributed by atoms with van der Waals surface area (Å²) in [7, 11) is 0. The van der Waals surface area contributed by atoms with Crippen LogP contribution in [0.5, 0.6) is 0 Å². The minimum atomic E-state index is -0.739. The van der Waals surface area contributed by atoms with Crippen LogP contribution >= 0.6 is 0 Å². The molecule has 4 N–H and O–H groups in total. The van der Waals surface area contributed by atoms with Crippen molar-refractivity contribution < 1.29 is 14.3 Å². The minimum Gasteiger partial charge on any atom is -0.481 e. The van der Waals surface area contributed by atoms with Gasteiger partial charge in [-0.05, 0) is 37.8 Å². The van der Waals surface area contributed by atoms with Gasteiger partial charge < -0.3 is 16.2 Å². The van der Waals surface area contributed by atoms with Crippen molar-refractivity contribution in [2.45, 2.75) is 31.7 Å². The molecule has 1 aliphatic rings. The molecular formula is C18H19FN6O2. The van der Waals surface area contributed by atoms with Crippen molar-refractivity contribution in [1.29, 1.82) is 0 Å². The van der Waals surface area contributed by atoms with E-state index >= 15 is 0 Å². The highest BCUT2D eigenvalue weighted by Crippen LogP contribution is 2.29. The summed E-state index contributed by atoms with van der Waals surface area (Å²) < 4.78 is 15.2. The molecule has 0 amide bonds. The molecule has 0 aliphatic heterocycles. The number of aliphatic carboxylic acids is 1. The van der Waals surface area contributed by atoms with Gasteiger partial charge in [0.15, 0.2) is 11.6 Å². The monoisotopic (exact) mass is 370 g/mol. The van der Waals surface area contributed by atoms with Crippen LogP contribution in [0.3, 0.4) is 0 Å². The molecule has 0 radical (unpaired) electrons. The number of carbonyl (C=O) groups is 1. The largest absolute Gasteiger partial charge is 0.481 e. The second-order valence-corrected chi connectivity index (χ2v) is 6.75. The zero-order valence-corrected chi connectivity index (χ0v) is 14.5. The maximum atomic E-state index is 13.6. The average molecular weight is 370 g/mol. The molecule has 27 heavy (non-hydrogen) atoms. The molecule has 0 aromatic carbocycles. The van der Waals surface area contributed by atoms with E-state index in [1.807, 2.05) is 0 Å². The second kappa shape index (κ2) is 6.82. The molecule has 3 aromatic rings. The van der Waals surface area contributed by atoms with Gasteiger partial charge in [0, 0.05) is 12.2 Å². The summed E-state index contributed by atoms with van der Waals surface area (Å²) >= 11 is 0. The Morgan fingerprint density at radius 1 is 1.22 bits per heavy atom. The molecule has 0 bridgehead atoms. The van der Waals surface area contributed by atoms with E-state index in [2.05, 4.69) is 20.3 Å². The number of halogens is 1. The first-order chi connectivity index (χ1) is 13.0. The van der Waals surface area contributed by atoms with Gasteiger partial charge in [-0.1, -0.05) is 0 Å². The van der Waals surface area contributed by atoms with E-state index < -0.39 is 5.97 Å². The summed E-state index contributed by atoms with van der Waals surface area (Å²) in [6.07, 6.45) is 7.13. The normalized spacial score (nSPS) is 19.9. The lowest BCUT2D eigenvalue weighted by Gasteiger charge is -2.27. The van der Waals surface area contributed by atoms with E-state index in [0.29, 0.717) is 41.5 Å². The lowest BCUT2D eigenvalue weighted by molar-refractivity contribution is -0.142. The van der Waals surface area contributed by atoms with Crippen LogP contribution < -0.4 is 11.1 Å². The summed E-state index contributed by atoms with van der Waals surface area (Å²) in [5.74, 6) is -0.536. The maximum Gasteiger partial charge on any atom is 0.306 e. The summed E-state index contributed by atoms with van der Waals surface area (Å²) in [6.45, 7) is 0. The lowest BCUT2D eigenvalue weighted by Crippen LogP contribution is -2.29. The average Bonchev–Trinajstić information content (AvgIpc) is 3.07. The summed E-state index contributed by atoms with van der Waals surface area (Å²) in [5.41, 5.74) is 7.56. The number of nitrogens with one attached hydrogen (secondary N) is 1. The molecule has 4 rings (SSSR count). The van der Waals surface area contributed by atoms with Gasteiger partial charge in [-0.2, -0.15) is 0 Å². The number of anilines is 2. The first-order valence-corrected chi connectivity index (χ1v) is 8.76. The molecule has 0 spiro atoms. The van der Waals surface area contributed by atoms with Crippen molar-refractivity contribution in [1.82, 2.24) is 19.4 Å². The highest BCUT2D eigenvalue weighted by Gasteiger charge is 2.26. The van der Waals surface area contributed by atoms with Crippen LogP contribution in [-0.4, -0.2) is 36.5 Å². The van der Waals surface area contributed by atoms with E-state index in [0.717, 1.165) is 12.8 Å². The third-order valence-electron chi connectivity index (χ3n) is 4.93. The zero-order valence-electron chi connectivity index (χ0n) is 14.5. The highest BCUT2D eigenvalue weighted by molar-refractivity contribution is 5.70. The van der Waals surface area contributed by atoms with Crippen LogP contribution in [0.1, 0.15) is 25.7 Å². The smallest absolute Gasteiger partial charge is 0.306 e. The number of nitrogen functional groups attached to an aromatic ring is 1. The van der Waals surface area contributed by atoms with Gasteiger partial charge in [0.25, 0.3) is 0 Å². The standard InChI is InChI=1S/C18H19FN6O2/c19-11-3-6-15-21-8-14(25(15)9-11)17-22-7-13(20)16(24-17)23-12-4-1-10(2-5-12)18(26)27/h3,6-10,12H,1-2,4-5,20H2,(H,26,27)(H,22,23,24). The van der Waals surface area contributed by atoms with Gasteiger partial charge in [0.2, 0.25) is 0 Å². The number of pyridine rings is 1. The predicted octanol–water partition coefficient (Wildman–Crippen LogP) is 2.57. The third-order valence-corrected chi connectivity index (χ3v) is 4.93. The number of hydrogen-bond donors (Lipinski definition) is 3. The molecule has 3 heterocycles. The Bertz CT molecular complexity index is 997. The van der Waals surface area contributed by atoms with Gasteiger partial charge in [-0.3, -0.25) is 9.20 Å². The molecule has 8 nitrogen and oxygen atoms in total. The number of nitrogens with two attached hydrogens (primary N) is 1. The van der Waals surface area contributed by atoms with Crippen LogP contribution in [0.15, 0.2) is 30.7 Å². The Morgan fingerprint density at radius 3 is 2.74 bits per heavy atom. The van der Waals surface area contributed by atoms with Gasteiger partial charge in [0.05, 0.1) is 24.0 Å². The lowest BCUT2D eigenvalue weighted by atomic mass is 9.86. The van der Waals surface area contributed by atoms with Crippen molar-refractivity contribution in [2.24, 2.45) is 5.92 Å². The van der Waals surface area contributed by atoms with E-state index in [9.17, 15) is 9.18 Å². The molecule has 3 aromatic heterocycles. The minimum absolute atomic E-state index is 0.102. The highest BCUT2D eigenvalue weighted by atomic mass is 19.1. The van der Waals surface area contributed by atoms with Crippen LogP contribution in [-0.2, 0) is 4.79 Å².